The van der Waals surface area contributed by atoms with Gasteiger partial charge in [-0.2, -0.15) is 0 Å². The number of carbonyl (C=O) groups is 1. The fourth-order valence-electron chi connectivity index (χ4n) is 2.72. The standard InChI is InChI=1S/C12H20N4O3/c17-7-6-9(8-4-2-1-3-5-8)13-11(18)10-14-12(19)16-15-10/h8-9,17H,1-7H2,(H,13,18)(H2,14,15,16,19). The first-order valence-electron chi connectivity index (χ1n) is 6.77. The first kappa shape index (κ1) is 13.8. The number of hydrogen-bond acceptors (Lipinski definition) is 4. The average molecular weight is 268 g/mol. The summed E-state index contributed by atoms with van der Waals surface area (Å²) in [5, 5.41) is 17.8. The minimum Gasteiger partial charge on any atom is -0.396 e. The van der Waals surface area contributed by atoms with E-state index >= 15 is 0 Å². The molecule has 1 amide bonds. The molecule has 7 heteroatoms. The molecule has 1 unspecified atom stereocenters. The Morgan fingerprint density at radius 3 is 2.74 bits per heavy atom. The van der Waals surface area contributed by atoms with Gasteiger partial charge in [0, 0.05) is 12.6 Å². The van der Waals surface area contributed by atoms with Crippen molar-refractivity contribution in [1.82, 2.24) is 20.5 Å². The summed E-state index contributed by atoms with van der Waals surface area (Å²) in [6.45, 7) is 0.0402. The zero-order valence-electron chi connectivity index (χ0n) is 10.8. The van der Waals surface area contributed by atoms with Gasteiger partial charge in [0.1, 0.15) is 0 Å². The molecule has 0 radical (unpaired) electrons. The third kappa shape index (κ3) is 3.66. The fraction of sp³-hybridized carbons (Fsp3) is 0.750. The highest BCUT2D eigenvalue weighted by Gasteiger charge is 2.25. The number of nitrogens with one attached hydrogen (secondary N) is 3. The van der Waals surface area contributed by atoms with Crippen molar-refractivity contribution in [3.63, 3.8) is 0 Å². The second-order valence-electron chi connectivity index (χ2n) is 5.02. The zero-order valence-corrected chi connectivity index (χ0v) is 10.8. The lowest BCUT2D eigenvalue weighted by atomic mass is 9.82. The van der Waals surface area contributed by atoms with Gasteiger partial charge in [-0.25, -0.2) is 9.89 Å². The molecule has 0 bridgehead atoms. The van der Waals surface area contributed by atoms with Crippen LogP contribution in [0.2, 0.25) is 0 Å². The Kier molecular flexibility index (Phi) is 4.73. The van der Waals surface area contributed by atoms with Crippen molar-refractivity contribution in [3.8, 4) is 0 Å². The summed E-state index contributed by atoms with van der Waals surface area (Å²) in [5.41, 5.74) is -0.499. The molecule has 1 heterocycles. The molecule has 1 aromatic heterocycles. The molecular weight excluding hydrogens is 248 g/mol. The molecule has 1 aliphatic rings. The molecule has 0 aromatic carbocycles. The maximum absolute atomic E-state index is 11.9. The zero-order chi connectivity index (χ0) is 13.7. The average Bonchev–Trinajstić information content (AvgIpc) is 2.86. The van der Waals surface area contributed by atoms with E-state index in [1.54, 1.807) is 0 Å². The maximum Gasteiger partial charge on any atom is 0.341 e. The van der Waals surface area contributed by atoms with Crippen molar-refractivity contribution in [2.75, 3.05) is 6.61 Å². The topological polar surface area (TPSA) is 111 Å². The largest absolute Gasteiger partial charge is 0.396 e. The van der Waals surface area contributed by atoms with Gasteiger partial charge in [-0.3, -0.25) is 9.78 Å². The number of aliphatic hydroxyl groups excluding tert-OH is 1. The smallest absolute Gasteiger partial charge is 0.341 e. The molecule has 1 aromatic rings. The van der Waals surface area contributed by atoms with Gasteiger partial charge in [0.05, 0.1) is 0 Å². The van der Waals surface area contributed by atoms with Gasteiger partial charge in [-0.1, -0.05) is 19.3 Å². The Morgan fingerprint density at radius 2 is 2.16 bits per heavy atom. The molecule has 2 rings (SSSR count). The Morgan fingerprint density at radius 1 is 1.42 bits per heavy atom. The Labute approximate surface area is 110 Å². The quantitative estimate of drug-likeness (QED) is 0.609. The summed E-state index contributed by atoms with van der Waals surface area (Å²) in [5.74, 6) is -0.0124. The molecule has 1 fully saturated rings. The normalized spacial score (nSPS) is 18.2. The van der Waals surface area contributed by atoms with Crippen molar-refractivity contribution in [2.24, 2.45) is 5.92 Å². The summed E-state index contributed by atoms with van der Waals surface area (Å²) in [4.78, 5) is 25.2. The van der Waals surface area contributed by atoms with E-state index < -0.39 is 11.6 Å². The summed E-state index contributed by atoms with van der Waals surface area (Å²) in [6, 6.07) is -0.0574. The second kappa shape index (κ2) is 6.51. The van der Waals surface area contributed by atoms with Crippen LogP contribution < -0.4 is 11.0 Å². The van der Waals surface area contributed by atoms with Crippen LogP contribution in [-0.2, 0) is 0 Å². The van der Waals surface area contributed by atoms with E-state index in [0.717, 1.165) is 12.8 Å². The van der Waals surface area contributed by atoms with Crippen LogP contribution in [0.1, 0.15) is 49.1 Å². The molecule has 1 aliphatic carbocycles. The van der Waals surface area contributed by atoms with Crippen molar-refractivity contribution in [2.45, 2.75) is 44.6 Å². The lowest BCUT2D eigenvalue weighted by Crippen LogP contribution is -2.42. The lowest BCUT2D eigenvalue weighted by Gasteiger charge is -2.30. The van der Waals surface area contributed by atoms with E-state index in [4.69, 9.17) is 5.11 Å². The molecule has 1 saturated carbocycles. The van der Waals surface area contributed by atoms with Crippen LogP contribution in [-0.4, -0.2) is 38.8 Å². The van der Waals surface area contributed by atoms with Crippen LogP contribution in [0.5, 0.6) is 0 Å². The number of carbonyl (C=O) groups excluding carboxylic acids is 1. The van der Waals surface area contributed by atoms with Gasteiger partial charge < -0.3 is 10.4 Å². The fourth-order valence-corrected chi connectivity index (χ4v) is 2.72. The highest BCUT2D eigenvalue weighted by Crippen LogP contribution is 2.27. The highest BCUT2D eigenvalue weighted by molar-refractivity contribution is 5.90. The number of hydrogen-bond donors (Lipinski definition) is 4. The number of nitrogens with zero attached hydrogens (tertiary/aromatic N) is 1. The molecule has 0 saturated heterocycles. The van der Waals surface area contributed by atoms with E-state index in [9.17, 15) is 9.59 Å². The SMILES string of the molecule is O=C(NC(CCO)C1CCCCC1)c1n[nH]c(=O)[nH]1. The van der Waals surface area contributed by atoms with E-state index in [2.05, 4.69) is 20.5 Å². The number of amides is 1. The van der Waals surface area contributed by atoms with E-state index in [-0.39, 0.29) is 18.5 Å². The second-order valence-corrected chi connectivity index (χ2v) is 5.02. The van der Waals surface area contributed by atoms with Crippen LogP contribution >= 0.6 is 0 Å². The van der Waals surface area contributed by atoms with Crippen LogP contribution in [0.4, 0.5) is 0 Å². The van der Waals surface area contributed by atoms with Gasteiger partial charge in [-0.15, -0.1) is 5.10 Å². The Hall–Kier alpha value is -1.63. The van der Waals surface area contributed by atoms with Crippen LogP contribution in [0.25, 0.3) is 0 Å². The molecular formula is C12H20N4O3. The van der Waals surface area contributed by atoms with Crippen LogP contribution in [0.3, 0.4) is 0 Å². The molecule has 1 atom stereocenters. The molecule has 19 heavy (non-hydrogen) atoms. The highest BCUT2D eigenvalue weighted by atomic mass is 16.3. The summed E-state index contributed by atoms with van der Waals surface area (Å²) < 4.78 is 0. The van der Waals surface area contributed by atoms with Gasteiger partial charge in [0.25, 0.3) is 5.91 Å². The lowest BCUT2D eigenvalue weighted by molar-refractivity contribution is 0.0889. The van der Waals surface area contributed by atoms with Crippen LogP contribution in [0, 0.1) is 5.92 Å². The Bertz CT molecular complexity index is 462. The maximum atomic E-state index is 11.9. The third-order valence-electron chi connectivity index (χ3n) is 3.69. The summed E-state index contributed by atoms with van der Waals surface area (Å²) >= 11 is 0. The Balaban J connectivity index is 1.99. The van der Waals surface area contributed by atoms with Gasteiger partial charge in [0.15, 0.2) is 0 Å². The number of aromatic amines is 2. The number of rotatable bonds is 5. The molecule has 106 valence electrons. The van der Waals surface area contributed by atoms with Crippen molar-refractivity contribution in [3.05, 3.63) is 16.3 Å². The van der Waals surface area contributed by atoms with E-state index in [1.807, 2.05) is 0 Å². The summed E-state index contributed by atoms with van der Waals surface area (Å²) in [6.07, 6.45) is 6.25. The van der Waals surface area contributed by atoms with Crippen molar-refractivity contribution >= 4 is 5.91 Å². The predicted molar refractivity (Wildman–Crippen MR) is 68.7 cm³/mol. The first-order chi connectivity index (χ1) is 9.20. The van der Waals surface area contributed by atoms with Crippen molar-refractivity contribution in [1.29, 1.82) is 0 Å². The third-order valence-corrected chi connectivity index (χ3v) is 3.69. The van der Waals surface area contributed by atoms with Crippen LogP contribution in [0.15, 0.2) is 4.79 Å². The monoisotopic (exact) mass is 268 g/mol. The van der Waals surface area contributed by atoms with E-state index in [1.165, 1.54) is 19.3 Å². The van der Waals surface area contributed by atoms with Gasteiger partial charge in [0.2, 0.25) is 5.82 Å². The number of H-pyrrole nitrogens is 2. The van der Waals surface area contributed by atoms with E-state index in [0.29, 0.717) is 12.3 Å². The van der Waals surface area contributed by atoms with Crippen molar-refractivity contribution < 1.29 is 9.90 Å². The first-order valence-corrected chi connectivity index (χ1v) is 6.77. The van der Waals surface area contributed by atoms with Gasteiger partial charge in [-0.05, 0) is 25.2 Å². The molecule has 4 N–H and O–H groups in total. The molecule has 7 nitrogen and oxygen atoms in total. The minimum absolute atomic E-state index is 0.0104. The summed E-state index contributed by atoms with van der Waals surface area (Å²) in [7, 11) is 0. The number of aliphatic hydroxyl groups is 1. The molecule has 0 spiro atoms. The minimum atomic E-state index is -0.499. The molecule has 0 aliphatic heterocycles. The van der Waals surface area contributed by atoms with Gasteiger partial charge >= 0.3 is 5.69 Å². The number of aromatic nitrogens is 3. The predicted octanol–water partition coefficient (Wildman–Crippen LogP) is 0.159.